The van der Waals surface area contributed by atoms with Gasteiger partial charge in [-0.3, -0.25) is 4.57 Å². The zero-order chi connectivity index (χ0) is 11.5. The third-order valence-corrected chi connectivity index (χ3v) is 4.93. The summed E-state index contributed by atoms with van der Waals surface area (Å²) >= 11 is 6.01. The Morgan fingerprint density at radius 2 is 1.80 bits per heavy atom. The lowest BCUT2D eigenvalue weighted by Crippen LogP contribution is -2.00. The average molecular weight is 249 g/mol. The minimum Gasteiger partial charge on any atom is -0.312 e. The quantitative estimate of drug-likeness (QED) is 0.759. The molecule has 0 radical (unpaired) electrons. The number of rotatable bonds is 4. The maximum absolute atomic E-state index is 12.1. The largest absolute Gasteiger partial charge is 0.337 e. The number of benzene rings is 1. The van der Waals surface area contributed by atoms with Crippen LogP contribution in [0, 0.1) is 0 Å². The summed E-state index contributed by atoms with van der Waals surface area (Å²) in [5.74, 6) is 0. The van der Waals surface area contributed by atoms with Crippen LogP contribution in [0.4, 0.5) is 0 Å². The van der Waals surface area contributed by atoms with Crippen molar-refractivity contribution in [1.29, 1.82) is 0 Å². The average Bonchev–Trinajstić information content (AvgIpc) is 2.28. The topological polar surface area (TPSA) is 35.5 Å². The fourth-order valence-electron chi connectivity index (χ4n) is 1.38. The van der Waals surface area contributed by atoms with Gasteiger partial charge in [0, 0.05) is 19.2 Å². The monoisotopic (exact) mass is 248 g/mol. The van der Waals surface area contributed by atoms with Gasteiger partial charge in [0.2, 0.25) is 0 Å². The van der Waals surface area contributed by atoms with Gasteiger partial charge in [-0.25, -0.2) is 0 Å². The van der Waals surface area contributed by atoms with Crippen LogP contribution < -0.4 is 0 Å². The van der Waals surface area contributed by atoms with E-state index in [1.54, 1.807) is 13.0 Å². The van der Waals surface area contributed by atoms with Crippen LogP contribution in [-0.4, -0.2) is 14.2 Å². The number of hydrogen-bond donors (Lipinski definition) is 0. The minimum absolute atomic E-state index is 0.374. The molecule has 1 atom stereocenters. The Bertz CT molecular complexity index is 373. The van der Waals surface area contributed by atoms with Gasteiger partial charge in [0.05, 0.1) is 5.66 Å². The van der Waals surface area contributed by atoms with Gasteiger partial charge in [-0.15, -0.1) is 0 Å². The molecule has 1 rings (SSSR count). The van der Waals surface area contributed by atoms with Gasteiger partial charge < -0.3 is 9.05 Å². The number of halogens is 1. The van der Waals surface area contributed by atoms with E-state index in [1.165, 1.54) is 14.2 Å². The lowest BCUT2D eigenvalue weighted by molar-refractivity contribution is 0.267. The van der Waals surface area contributed by atoms with Crippen LogP contribution in [0.15, 0.2) is 24.3 Å². The first kappa shape index (κ1) is 12.7. The van der Waals surface area contributed by atoms with Crippen LogP contribution in [0.5, 0.6) is 0 Å². The zero-order valence-corrected chi connectivity index (χ0v) is 10.6. The molecule has 1 aromatic carbocycles. The van der Waals surface area contributed by atoms with Crippen LogP contribution >= 0.6 is 19.2 Å². The van der Waals surface area contributed by atoms with Crippen LogP contribution in [0.2, 0.25) is 5.02 Å². The maximum Gasteiger partial charge on any atom is 0.337 e. The molecule has 1 aromatic rings. The molecule has 0 amide bonds. The molecule has 3 nitrogen and oxygen atoms in total. The molecule has 5 heteroatoms. The smallest absolute Gasteiger partial charge is 0.312 e. The van der Waals surface area contributed by atoms with E-state index in [0.717, 1.165) is 5.56 Å². The summed E-state index contributed by atoms with van der Waals surface area (Å²) in [7, 11) is -0.360. The van der Waals surface area contributed by atoms with Crippen molar-refractivity contribution in [1.82, 2.24) is 0 Å². The van der Waals surface area contributed by atoms with Crippen molar-refractivity contribution >= 4 is 19.2 Å². The van der Waals surface area contributed by atoms with Crippen molar-refractivity contribution in [2.45, 2.75) is 12.6 Å². The van der Waals surface area contributed by atoms with Crippen molar-refractivity contribution in [2.24, 2.45) is 0 Å². The molecule has 84 valence electrons. The van der Waals surface area contributed by atoms with E-state index in [9.17, 15) is 4.57 Å². The predicted octanol–water partition coefficient (Wildman–Crippen LogP) is 3.89. The molecule has 0 heterocycles. The number of hydrogen-bond acceptors (Lipinski definition) is 3. The Balaban J connectivity index is 3.09. The van der Waals surface area contributed by atoms with E-state index in [2.05, 4.69) is 0 Å². The fraction of sp³-hybridized carbons (Fsp3) is 0.400. The second kappa shape index (κ2) is 5.13. The third kappa shape index (κ3) is 2.61. The van der Waals surface area contributed by atoms with E-state index in [-0.39, 0.29) is 5.66 Å². The predicted molar refractivity (Wildman–Crippen MR) is 61.5 cm³/mol. The Morgan fingerprint density at radius 3 is 2.27 bits per heavy atom. The van der Waals surface area contributed by atoms with Crippen molar-refractivity contribution in [2.75, 3.05) is 14.2 Å². The van der Waals surface area contributed by atoms with Crippen molar-refractivity contribution in [3.8, 4) is 0 Å². The van der Waals surface area contributed by atoms with E-state index in [4.69, 9.17) is 20.6 Å². The first-order valence-electron chi connectivity index (χ1n) is 4.50. The van der Waals surface area contributed by atoms with Crippen molar-refractivity contribution in [3.05, 3.63) is 34.9 Å². The highest BCUT2D eigenvalue weighted by atomic mass is 35.5. The summed E-state index contributed by atoms with van der Waals surface area (Å²) in [4.78, 5) is 0. The summed E-state index contributed by atoms with van der Waals surface area (Å²) in [6, 6.07) is 7.23. The Hall–Kier alpha value is -0.340. The molecule has 0 aliphatic rings. The second-order valence-electron chi connectivity index (χ2n) is 3.10. The van der Waals surface area contributed by atoms with Crippen LogP contribution in [0.3, 0.4) is 0 Å². The molecule has 15 heavy (non-hydrogen) atoms. The minimum atomic E-state index is -3.11. The van der Waals surface area contributed by atoms with Gasteiger partial charge in [-0.1, -0.05) is 29.8 Å². The lowest BCUT2D eigenvalue weighted by atomic mass is 10.2. The molecule has 0 unspecified atom stereocenters. The molecular weight excluding hydrogens is 235 g/mol. The highest BCUT2D eigenvalue weighted by Gasteiger charge is 2.32. The summed E-state index contributed by atoms with van der Waals surface area (Å²) < 4.78 is 22.0. The first-order chi connectivity index (χ1) is 7.05. The normalized spacial score (nSPS) is 13.9. The highest BCUT2D eigenvalue weighted by Crippen LogP contribution is 2.60. The van der Waals surface area contributed by atoms with Gasteiger partial charge in [0.1, 0.15) is 0 Å². The molecule has 0 aliphatic carbocycles. The van der Waals surface area contributed by atoms with E-state index in [0.29, 0.717) is 5.02 Å². The molecule has 0 saturated heterocycles. The summed E-state index contributed by atoms with van der Waals surface area (Å²) in [6.07, 6.45) is 0. The maximum atomic E-state index is 12.1. The molecule has 0 bridgehead atoms. The molecule has 0 saturated carbocycles. The first-order valence-corrected chi connectivity index (χ1v) is 6.49. The summed E-state index contributed by atoms with van der Waals surface area (Å²) in [5, 5.41) is 0.569. The zero-order valence-electron chi connectivity index (χ0n) is 8.94. The van der Waals surface area contributed by atoms with Gasteiger partial charge in [0.25, 0.3) is 0 Å². The third-order valence-electron chi connectivity index (χ3n) is 2.34. The standard InChI is InChI=1S/C10H14ClO3P/c1-8(15(12,13-2)14-3)9-6-4-5-7-10(9)11/h4-8H,1-3H3/t8-/m0/s1. The van der Waals surface area contributed by atoms with E-state index < -0.39 is 7.60 Å². The SMILES string of the molecule is COP(=O)(OC)[C@@H](C)c1ccccc1Cl. The highest BCUT2D eigenvalue weighted by molar-refractivity contribution is 7.54. The van der Waals surface area contributed by atoms with E-state index in [1.807, 2.05) is 18.2 Å². The molecule has 0 N–H and O–H groups in total. The fourth-order valence-corrected chi connectivity index (χ4v) is 3.10. The lowest BCUT2D eigenvalue weighted by Gasteiger charge is -2.21. The van der Waals surface area contributed by atoms with Crippen LogP contribution in [-0.2, 0) is 13.6 Å². The van der Waals surface area contributed by atoms with Crippen molar-refractivity contribution in [3.63, 3.8) is 0 Å². The summed E-state index contributed by atoms with van der Waals surface area (Å²) in [6.45, 7) is 1.77. The second-order valence-corrected chi connectivity index (χ2v) is 6.09. The Labute approximate surface area is 94.9 Å². The van der Waals surface area contributed by atoms with Gasteiger partial charge >= 0.3 is 7.60 Å². The van der Waals surface area contributed by atoms with Crippen molar-refractivity contribution < 1.29 is 13.6 Å². The van der Waals surface area contributed by atoms with Gasteiger partial charge in [-0.05, 0) is 18.6 Å². The Morgan fingerprint density at radius 1 is 1.27 bits per heavy atom. The van der Waals surface area contributed by atoms with Crippen LogP contribution in [0.25, 0.3) is 0 Å². The molecule has 0 aliphatic heterocycles. The molecule has 0 aromatic heterocycles. The molecule has 0 fully saturated rings. The van der Waals surface area contributed by atoms with Gasteiger partial charge in [-0.2, -0.15) is 0 Å². The summed E-state index contributed by atoms with van der Waals surface area (Å²) in [5.41, 5.74) is 0.396. The molecular formula is C10H14ClO3P. The molecule has 0 spiro atoms. The Kier molecular flexibility index (Phi) is 4.35. The van der Waals surface area contributed by atoms with E-state index >= 15 is 0 Å². The van der Waals surface area contributed by atoms with Crippen LogP contribution in [0.1, 0.15) is 18.1 Å². The van der Waals surface area contributed by atoms with Gasteiger partial charge in [0.15, 0.2) is 0 Å².